The molecule has 2 rings (SSSR count). The predicted molar refractivity (Wildman–Crippen MR) is 102 cm³/mol. The molecule has 0 radical (unpaired) electrons. The minimum absolute atomic E-state index is 0. The van der Waals surface area contributed by atoms with E-state index in [1.807, 2.05) is 30.3 Å². The topological polar surface area (TPSA) is 77.7 Å². The first-order valence-electron chi connectivity index (χ1n) is 7.30. The van der Waals surface area contributed by atoms with Gasteiger partial charge in [-0.3, -0.25) is 0 Å². The summed E-state index contributed by atoms with van der Waals surface area (Å²) in [5.74, 6) is 0. The third-order valence-corrected chi connectivity index (χ3v) is 2.47. The third kappa shape index (κ3) is 28.9. The van der Waals surface area contributed by atoms with E-state index in [4.69, 9.17) is 23.7 Å². The maximum absolute atomic E-state index is 5.28. The van der Waals surface area contributed by atoms with Gasteiger partial charge in [-0.2, -0.15) is 36.4 Å². The molecule has 1 aromatic carbocycles. The van der Waals surface area contributed by atoms with Crippen LogP contribution in [0, 0.1) is 20.9 Å². The van der Waals surface area contributed by atoms with Crippen molar-refractivity contribution in [3.63, 3.8) is 0 Å². The summed E-state index contributed by atoms with van der Waals surface area (Å²) in [6.07, 6.45) is 0. The fourth-order valence-corrected chi connectivity index (χ4v) is 1.44. The Morgan fingerprint density at radius 1 is 0.500 bits per heavy atom. The van der Waals surface area contributed by atoms with Crippen molar-refractivity contribution in [2.75, 3.05) is 66.1 Å². The van der Waals surface area contributed by atoms with Gasteiger partial charge in [0.1, 0.15) is 0 Å². The van der Waals surface area contributed by atoms with E-state index in [-0.39, 0.29) is 56.6 Å². The molecule has 0 aromatic heterocycles. The van der Waals surface area contributed by atoms with E-state index in [2.05, 4.69) is 6.07 Å². The van der Waals surface area contributed by atoms with Gasteiger partial charge < -0.3 is 56.4 Å². The molecule has 152 valence electrons. The molecule has 0 saturated carbocycles. The van der Waals surface area contributed by atoms with Crippen LogP contribution < -0.4 is 12.4 Å². The molecule has 0 aliphatic carbocycles. The van der Waals surface area contributed by atoms with E-state index in [9.17, 15) is 0 Å². The monoisotopic (exact) mass is 500 g/mol. The maximum atomic E-state index is 5.28. The molecule has 0 unspecified atom stereocenters. The van der Waals surface area contributed by atoms with Crippen LogP contribution in [-0.4, -0.2) is 95.5 Å². The summed E-state index contributed by atoms with van der Waals surface area (Å²) >= 11 is 0. The Bertz CT molecular complexity index is 224. The minimum Gasteiger partial charge on any atom is -1.00 e. The van der Waals surface area contributed by atoms with Crippen LogP contribution in [0.2, 0.25) is 0 Å². The minimum atomic E-state index is 0. The number of ether oxygens (including phenoxy) is 5. The van der Waals surface area contributed by atoms with Gasteiger partial charge in [-0.25, -0.2) is 0 Å². The van der Waals surface area contributed by atoms with E-state index in [0.29, 0.717) is 66.1 Å². The Balaban J connectivity index is -0.000000116. The Kier molecular flexibility index (Phi) is 46.4. The summed E-state index contributed by atoms with van der Waals surface area (Å²) in [6, 6.07) is 12.5. The van der Waals surface area contributed by atoms with Crippen molar-refractivity contribution in [3.8, 4) is 0 Å². The van der Waals surface area contributed by atoms with Crippen LogP contribution in [0.5, 0.6) is 0 Å². The molecular formula is C18H33ClO6Sn. The molecule has 0 spiro atoms. The molecule has 1 fully saturated rings. The van der Waals surface area contributed by atoms with Gasteiger partial charge in [0.2, 0.25) is 0 Å². The Labute approximate surface area is 182 Å². The summed E-state index contributed by atoms with van der Waals surface area (Å²) in [5.41, 5.74) is 0. The molecule has 0 amide bonds. The molecule has 8 heteroatoms. The summed E-state index contributed by atoms with van der Waals surface area (Å²) in [7, 11) is 0. The van der Waals surface area contributed by atoms with Crippen LogP contribution in [-0.2, 0) is 23.7 Å². The zero-order valence-corrected chi connectivity index (χ0v) is 19.5. The second-order valence-corrected chi connectivity index (χ2v) is 4.14. The van der Waals surface area contributed by atoms with Crippen molar-refractivity contribution in [3.05, 3.63) is 51.3 Å². The Hall–Kier alpha value is 0.0687. The number of rotatable bonds is 0. The first-order chi connectivity index (χ1) is 10.5. The van der Waals surface area contributed by atoms with Gasteiger partial charge in [-0.05, 0) is 0 Å². The van der Waals surface area contributed by atoms with Gasteiger partial charge in [0, 0.05) is 0 Å². The van der Waals surface area contributed by atoms with Crippen molar-refractivity contribution in [1.29, 1.82) is 0 Å². The van der Waals surface area contributed by atoms with Gasteiger partial charge in [0.05, 0.1) is 66.1 Å². The molecule has 1 aliphatic rings. The van der Waals surface area contributed by atoms with Gasteiger partial charge >= 0.3 is 23.9 Å². The number of hydrogen-bond donors (Lipinski definition) is 0. The summed E-state index contributed by atoms with van der Waals surface area (Å²) in [5, 5.41) is 0. The average molecular weight is 500 g/mol. The quantitative estimate of drug-likeness (QED) is 0.313. The maximum Gasteiger partial charge on any atom is 4.00 e. The number of benzene rings is 1. The first kappa shape index (κ1) is 36.9. The molecule has 2 N–H and O–H groups in total. The second kappa shape index (κ2) is 32.7. The number of halogens is 1. The van der Waals surface area contributed by atoms with E-state index in [1.165, 1.54) is 0 Å². The normalized spacial score (nSPS) is 15.7. The molecule has 1 aromatic rings. The van der Waals surface area contributed by atoms with Crippen LogP contribution >= 0.6 is 0 Å². The summed E-state index contributed by atoms with van der Waals surface area (Å²) in [4.78, 5) is 0. The third-order valence-electron chi connectivity index (χ3n) is 2.47. The Morgan fingerprint density at radius 2 is 0.731 bits per heavy atom. The summed E-state index contributed by atoms with van der Waals surface area (Å²) in [6.45, 7) is 6.11. The molecule has 6 nitrogen and oxygen atoms in total. The van der Waals surface area contributed by atoms with Crippen molar-refractivity contribution < 1.29 is 41.6 Å². The van der Waals surface area contributed by atoms with E-state index < -0.39 is 0 Å². The van der Waals surface area contributed by atoms with Crippen LogP contribution in [0.4, 0.5) is 0 Å². The molecule has 1 aliphatic heterocycles. The molecule has 26 heavy (non-hydrogen) atoms. The van der Waals surface area contributed by atoms with Crippen molar-refractivity contribution in [2.24, 2.45) is 0 Å². The van der Waals surface area contributed by atoms with Gasteiger partial charge in [0.15, 0.2) is 0 Å². The van der Waals surface area contributed by atoms with E-state index >= 15 is 0 Å². The molecule has 0 bridgehead atoms. The van der Waals surface area contributed by atoms with E-state index in [1.54, 1.807) is 0 Å². The van der Waals surface area contributed by atoms with Crippen molar-refractivity contribution >= 4 is 23.9 Å². The first-order valence-corrected chi connectivity index (χ1v) is 7.30. The molecule has 0 atom stereocenters. The van der Waals surface area contributed by atoms with Crippen molar-refractivity contribution in [1.82, 2.24) is 0 Å². The smallest absolute Gasteiger partial charge is 1.00 e. The van der Waals surface area contributed by atoms with Crippen LogP contribution in [0.1, 0.15) is 0 Å². The zero-order valence-electron chi connectivity index (χ0n) is 15.9. The van der Waals surface area contributed by atoms with Gasteiger partial charge in [0.25, 0.3) is 0 Å². The van der Waals surface area contributed by atoms with Crippen LogP contribution in [0.3, 0.4) is 0 Å². The zero-order chi connectivity index (χ0) is 14.8. The van der Waals surface area contributed by atoms with Gasteiger partial charge in [-0.1, -0.05) is 0 Å². The molecule has 1 saturated heterocycles. The standard InChI is InChI=1S/C10H20O5.C6H5.2CH3.ClH.H2O.Sn/c1-2-12-5-6-14-9-10-15-8-7-13-4-3-11-1;1-2-4-6-5-3-1;;;;;/h1-10H2;1-5H;2*1H3;1H;1H2;/q;3*-1;;;+4/p-1. The fraction of sp³-hybridized carbons (Fsp3) is 0.556. The van der Waals surface area contributed by atoms with E-state index in [0.717, 1.165) is 0 Å². The molecular weight excluding hydrogens is 466 g/mol. The van der Waals surface area contributed by atoms with Crippen LogP contribution in [0.25, 0.3) is 0 Å². The average Bonchev–Trinajstić information content (AvgIpc) is 2.56. The summed E-state index contributed by atoms with van der Waals surface area (Å²) < 4.78 is 26.4. The number of hydrogen-bond acceptors (Lipinski definition) is 5. The van der Waals surface area contributed by atoms with Crippen molar-refractivity contribution in [2.45, 2.75) is 0 Å². The Morgan fingerprint density at radius 3 is 0.846 bits per heavy atom. The fourth-order valence-electron chi connectivity index (χ4n) is 1.44. The van der Waals surface area contributed by atoms with Gasteiger partial charge in [-0.15, -0.1) is 0 Å². The largest absolute Gasteiger partial charge is 4.00 e. The predicted octanol–water partition coefficient (Wildman–Crippen LogP) is -1.73. The second-order valence-electron chi connectivity index (χ2n) is 4.14. The van der Waals surface area contributed by atoms with Crippen LogP contribution in [0.15, 0.2) is 30.3 Å². The molecule has 1 heterocycles. The SMILES string of the molecule is C1COCCOCCOCCOCCO1.O.[CH3-].[CH3-].[Cl-].[Sn+4].[c-]1ccccc1.